The molecule has 2 aromatic rings. The molecule has 1 N–H and O–H groups in total. The zero-order valence-corrected chi connectivity index (χ0v) is 23.9. The molecule has 3 unspecified atom stereocenters. The molecule has 0 fully saturated rings. The molecule has 0 saturated heterocycles. The quantitative estimate of drug-likeness (QED) is 0.429. The first-order valence-electron chi connectivity index (χ1n) is 13.0. The number of hydrazine groups is 1. The predicted molar refractivity (Wildman–Crippen MR) is 145 cm³/mol. The van der Waals surface area contributed by atoms with Gasteiger partial charge in [-0.15, -0.1) is 0 Å². The van der Waals surface area contributed by atoms with Gasteiger partial charge in [0.05, 0.1) is 26.0 Å². The van der Waals surface area contributed by atoms with E-state index in [1.165, 1.54) is 21.3 Å². The second kappa shape index (κ2) is 13.3. The molecule has 0 aromatic heterocycles. The van der Waals surface area contributed by atoms with Crippen LogP contribution in [0.5, 0.6) is 11.5 Å². The van der Waals surface area contributed by atoms with Crippen molar-refractivity contribution in [3.05, 3.63) is 65.9 Å². The van der Waals surface area contributed by atoms with Gasteiger partial charge in [0.25, 0.3) is 5.91 Å². The molecular formula is C29H36F3N3O6. The van der Waals surface area contributed by atoms with Gasteiger partial charge >= 0.3 is 6.18 Å². The Labute approximate surface area is 237 Å². The third kappa shape index (κ3) is 6.94. The average molecular weight is 580 g/mol. The van der Waals surface area contributed by atoms with E-state index in [9.17, 15) is 27.9 Å². The maximum absolute atomic E-state index is 14.3. The topological polar surface area (TPSA) is 91.8 Å². The number of methoxy groups -OCH3 is 3. The van der Waals surface area contributed by atoms with Crippen molar-refractivity contribution in [2.75, 3.05) is 28.1 Å². The van der Waals surface area contributed by atoms with E-state index in [0.717, 1.165) is 16.9 Å². The van der Waals surface area contributed by atoms with Crippen LogP contribution in [0.15, 0.2) is 54.7 Å². The summed E-state index contributed by atoms with van der Waals surface area (Å²) in [5.41, 5.74) is 0.882. The zero-order valence-electron chi connectivity index (χ0n) is 23.9. The third-order valence-electron chi connectivity index (χ3n) is 6.76. The Balaban J connectivity index is 2.30. The molecule has 0 saturated carbocycles. The number of amides is 2. The van der Waals surface area contributed by atoms with Crippen molar-refractivity contribution >= 4 is 17.5 Å². The normalized spacial score (nSPS) is 17.3. The van der Waals surface area contributed by atoms with E-state index in [1.54, 1.807) is 73.5 Å². The molecule has 3 atom stereocenters. The number of rotatable bonds is 11. The number of alkyl halides is 3. The number of hydrogen-bond donors (Lipinski definition) is 1. The van der Waals surface area contributed by atoms with Gasteiger partial charge in [-0.05, 0) is 36.1 Å². The highest BCUT2D eigenvalue weighted by Gasteiger charge is 2.51. The highest BCUT2D eigenvalue weighted by atomic mass is 19.4. The van der Waals surface area contributed by atoms with Gasteiger partial charge in [0.15, 0.2) is 17.6 Å². The lowest BCUT2D eigenvalue weighted by Crippen LogP contribution is -2.64. The molecule has 9 nitrogen and oxygen atoms in total. The molecule has 12 heteroatoms. The summed E-state index contributed by atoms with van der Waals surface area (Å²) in [6.45, 7) is 4.62. The van der Waals surface area contributed by atoms with Crippen LogP contribution in [-0.4, -0.2) is 84.3 Å². The first kappa shape index (κ1) is 31.8. The third-order valence-corrected chi connectivity index (χ3v) is 6.76. The van der Waals surface area contributed by atoms with Crippen LogP contribution >= 0.6 is 0 Å². The molecule has 0 bridgehead atoms. The van der Waals surface area contributed by atoms with Crippen LogP contribution in [0.25, 0.3) is 5.70 Å². The van der Waals surface area contributed by atoms with E-state index < -0.39 is 36.2 Å². The van der Waals surface area contributed by atoms with E-state index in [0.29, 0.717) is 22.6 Å². The Hall–Kier alpha value is -3.77. The lowest BCUT2D eigenvalue weighted by molar-refractivity contribution is -0.232. The Morgan fingerprint density at radius 1 is 1.05 bits per heavy atom. The van der Waals surface area contributed by atoms with Crippen molar-refractivity contribution < 1.29 is 42.1 Å². The van der Waals surface area contributed by atoms with Crippen molar-refractivity contribution in [1.29, 1.82) is 0 Å². The number of benzene rings is 2. The lowest BCUT2D eigenvalue weighted by atomic mass is 9.96. The second-order valence-electron chi connectivity index (χ2n) is 9.96. The van der Waals surface area contributed by atoms with Crippen LogP contribution in [0.2, 0.25) is 0 Å². The van der Waals surface area contributed by atoms with Crippen molar-refractivity contribution in [3.8, 4) is 11.5 Å². The first-order chi connectivity index (χ1) is 19.3. The van der Waals surface area contributed by atoms with Crippen molar-refractivity contribution in [2.24, 2.45) is 5.92 Å². The summed E-state index contributed by atoms with van der Waals surface area (Å²) in [6.07, 6.45) is -6.86. The number of ether oxygens (including phenoxy) is 3. The van der Waals surface area contributed by atoms with Crippen LogP contribution in [0.1, 0.15) is 31.9 Å². The highest BCUT2D eigenvalue weighted by molar-refractivity contribution is 5.95. The van der Waals surface area contributed by atoms with Crippen LogP contribution in [0.3, 0.4) is 0 Å². The summed E-state index contributed by atoms with van der Waals surface area (Å²) in [5.74, 6) is -1.16. The SMILES string of the molecule is COCN1C=C(c2ccc(OC)c(OC)c2)N(N(C(C)=O)C(Cc2ccccc2)C(O)C(F)(F)F)C(=O)C1C(C)C. The lowest BCUT2D eigenvalue weighted by Gasteiger charge is -2.48. The van der Waals surface area contributed by atoms with Gasteiger partial charge in [0, 0.05) is 25.8 Å². The van der Waals surface area contributed by atoms with Gasteiger partial charge < -0.3 is 24.2 Å². The molecule has 1 aliphatic rings. The Morgan fingerprint density at radius 2 is 1.68 bits per heavy atom. The molecule has 2 aromatic carbocycles. The van der Waals surface area contributed by atoms with E-state index in [4.69, 9.17) is 14.2 Å². The number of halogens is 3. The number of carbonyl (C=O) groups is 2. The molecule has 224 valence electrons. The van der Waals surface area contributed by atoms with Crippen molar-refractivity contribution in [1.82, 2.24) is 14.9 Å². The van der Waals surface area contributed by atoms with E-state index in [2.05, 4.69) is 0 Å². The second-order valence-corrected chi connectivity index (χ2v) is 9.96. The number of aliphatic hydroxyl groups excluding tert-OH is 1. The largest absolute Gasteiger partial charge is 0.493 e. The number of nitrogens with zero attached hydrogens (tertiary/aromatic N) is 3. The van der Waals surface area contributed by atoms with Crippen molar-refractivity contribution in [3.63, 3.8) is 0 Å². The molecular weight excluding hydrogens is 543 g/mol. The monoisotopic (exact) mass is 579 g/mol. The molecule has 3 rings (SSSR count). The maximum Gasteiger partial charge on any atom is 0.416 e. The molecule has 2 amide bonds. The van der Waals surface area contributed by atoms with Crippen molar-refractivity contribution in [2.45, 2.75) is 51.6 Å². The van der Waals surface area contributed by atoms with E-state index >= 15 is 0 Å². The summed E-state index contributed by atoms with van der Waals surface area (Å²) in [6, 6.07) is 10.1. The van der Waals surface area contributed by atoms with Gasteiger partial charge in [-0.3, -0.25) is 9.59 Å². The Bertz CT molecular complexity index is 1240. The van der Waals surface area contributed by atoms with E-state index in [-0.39, 0.29) is 24.8 Å². The molecule has 0 radical (unpaired) electrons. The summed E-state index contributed by atoms with van der Waals surface area (Å²) < 4.78 is 58.4. The molecule has 41 heavy (non-hydrogen) atoms. The smallest absolute Gasteiger partial charge is 0.416 e. The fourth-order valence-electron chi connectivity index (χ4n) is 4.96. The standard InChI is InChI=1S/C29H36F3N3O6/c1-18(2)26-28(38)35(23(16-33(26)17-39-4)21-12-13-24(40-5)25(15-21)41-6)34(19(3)36)22(27(37)29(30,31)32)14-20-10-8-7-9-11-20/h7-13,15-16,18,22,26-27,37H,14,17H2,1-6H3. The molecule has 1 heterocycles. The van der Waals surface area contributed by atoms with Crippen LogP contribution in [0, 0.1) is 5.92 Å². The van der Waals surface area contributed by atoms with Gasteiger partial charge in [-0.25, -0.2) is 10.0 Å². The minimum atomic E-state index is -5.08. The summed E-state index contributed by atoms with van der Waals surface area (Å²) in [4.78, 5) is 29.2. The fourth-order valence-corrected chi connectivity index (χ4v) is 4.96. The number of hydrogen-bond acceptors (Lipinski definition) is 7. The molecule has 1 aliphatic heterocycles. The summed E-state index contributed by atoms with van der Waals surface area (Å²) >= 11 is 0. The van der Waals surface area contributed by atoms with Crippen LogP contribution in [0.4, 0.5) is 13.2 Å². The number of carbonyl (C=O) groups excluding carboxylic acids is 2. The Kier molecular flexibility index (Phi) is 10.3. The highest BCUT2D eigenvalue weighted by Crippen LogP contribution is 2.38. The Morgan fingerprint density at radius 3 is 2.20 bits per heavy atom. The van der Waals surface area contributed by atoms with Crippen LogP contribution in [-0.2, 0) is 20.7 Å². The predicted octanol–water partition coefficient (Wildman–Crippen LogP) is 4.07. The summed E-state index contributed by atoms with van der Waals surface area (Å²) in [7, 11) is 4.32. The number of aliphatic hydroxyl groups is 1. The van der Waals surface area contributed by atoms with Gasteiger partial charge in [0.2, 0.25) is 5.91 Å². The van der Waals surface area contributed by atoms with Gasteiger partial charge in [-0.1, -0.05) is 44.2 Å². The summed E-state index contributed by atoms with van der Waals surface area (Å²) in [5, 5.41) is 12.3. The van der Waals surface area contributed by atoms with E-state index in [1.807, 2.05) is 0 Å². The first-order valence-corrected chi connectivity index (χ1v) is 13.0. The minimum absolute atomic E-state index is 0.00208. The maximum atomic E-state index is 14.3. The molecule has 0 spiro atoms. The fraction of sp³-hybridized carbons (Fsp3) is 0.448. The van der Waals surface area contributed by atoms with Gasteiger partial charge in [0.1, 0.15) is 12.8 Å². The van der Waals surface area contributed by atoms with Crippen LogP contribution < -0.4 is 9.47 Å². The molecule has 0 aliphatic carbocycles. The van der Waals surface area contributed by atoms with Gasteiger partial charge in [-0.2, -0.15) is 13.2 Å². The minimum Gasteiger partial charge on any atom is -0.493 e. The average Bonchev–Trinajstić information content (AvgIpc) is 2.92. The zero-order chi connectivity index (χ0) is 30.5.